The first kappa shape index (κ1) is 10.2. The molecule has 1 heterocycles. The van der Waals surface area contributed by atoms with Crippen molar-refractivity contribution in [3.8, 4) is 0 Å². The maximum atomic E-state index is 10.8. The van der Waals surface area contributed by atoms with Crippen molar-refractivity contribution in [1.29, 1.82) is 0 Å². The van der Waals surface area contributed by atoms with Crippen LogP contribution in [0.3, 0.4) is 0 Å². The summed E-state index contributed by atoms with van der Waals surface area (Å²) in [5.41, 5.74) is 1.06. The molecule has 0 spiro atoms. The molecule has 4 heteroatoms. The van der Waals surface area contributed by atoms with Gasteiger partial charge in [-0.1, -0.05) is 0 Å². The summed E-state index contributed by atoms with van der Waals surface area (Å²) in [5, 5.41) is 13.3. The summed E-state index contributed by atoms with van der Waals surface area (Å²) in [5.74, 6) is -0.372. The van der Waals surface area contributed by atoms with Gasteiger partial charge < -0.3 is 9.84 Å². The third-order valence-corrected chi connectivity index (χ3v) is 2.41. The SMILES string of the molecule is COC(=O)C[C@@H](O)Cc1ccsc1. The standard InChI is InChI=1S/C9H12O3S/c1-12-9(11)5-8(10)4-7-2-3-13-6-7/h2-3,6,8,10H,4-5H2,1H3/t8-/m0/s1. The molecule has 72 valence electrons. The number of hydrogen-bond donors (Lipinski definition) is 1. The highest BCUT2D eigenvalue weighted by Crippen LogP contribution is 2.10. The van der Waals surface area contributed by atoms with Crippen LogP contribution in [0.1, 0.15) is 12.0 Å². The molecule has 0 radical (unpaired) electrons. The zero-order valence-electron chi connectivity index (χ0n) is 7.40. The lowest BCUT2D eigenvalue weighted by Gasteiger charge is -2.06. The molecule has 0 unspecified atom stereocenters. The van der Waals surface area contributed by atoms with E-state index in [1.54, 1.807) is 11.3 Å². The fourth-order valence-corrected chi connectivity index (χ4v) is 1.71. The summed E-state index contributed by atoms with van der Waals surface area (Å²) in [7, 11) is 1.32. The van der Waals surface area contributed by atoms with Crippen molar-refractivity contribution < 1.29 is 14.6 Å². The molecule has 3 nitrogen and oxygen atoms in total. The summed E-state index contributed by atoms with van der Waals surface area (Å²) in [6.07, 6.45) is -0.0626. The number of carbonyl (C=O) groups excluding carboxylic acids is 1. The van der Waals surface area contributed by atoms with Crippen LogP contribution in [0.2, 0.25) is 0 Å². The van der Waals surface area contributed by atoms with Crippen LogP contribution in [0, 0.1) is 0 Å². The van der Waals surface area contributed by atoms with Crippen molar-refractivity contribution in [1.82, 2.24) is 0 Å². The average Bonchev–Trinajstić information content (AvgIpc) is 2.56. The number of ether oxygens (including phenoxy) is 1. The Morgan fingerprint density at radius 1 is 1.77 bits per heavy atom. The van der Waals surface area contributed by atoms with E-state index in [1.165, 1.54) is 7.11 Å². The van der Waals surface area contributed by atoms with Gasteiger partial charge in [0.25, 0.3) is 0 Å². The summed E-state index contributed by atoms with van der Waals surface area (Å²) < 4.78 is 4.44. The van der Waals surface area contributed by atoms with Gasteiger partial charge in [-0.3, -0.25) is 4.79 Å². The highest BCUT2D eigenvalue weighted by atomic mass is 32.1. The first-order valence-corrected chi connectivity index (χ1v) is 4.92. The van der Waals surface area contributed by atoms with Crippen molar-refractivity contribution >= 4 is 17.3 Å². The molecule has 0 fully saturated rings. The van der Waals surface area contributed by atoms with Crippen molar-refractivity contribution in [2.45, 2.75) is 18.9 Å². The highest BCUT2D eigenvalue weighted by molar-refractivity contribution is 7.07. The van der Waals surface area contributed by atoms with Gasteiger partial charge in [-0.05, 0) is 28.8 Å². The monoisotopic (exact) mass is 200 g/mol. The van der Waals surface area contributed by atoms with Crippen LogP contribution >= 0.6 is 11.3 Å². The number of aliphatic hydroxyl groups is 1. The van der Waals surface area contributed by atoms with E-state index in [9.17, 15) is 9.90 Å². The van der Waals surface area contributed by atoms with E-state index in [0.29, 0.717) is 6.42 Å². The Bertz CT molecular complexity index is 256. The minimum atomic E-state index is -0.637. The average molecular weight is 200 g/mol. The molecule has 0 aliphatic rings. The Morgan fingerprint density at radius 2 is 2.54 bits per heavy atom. The largest absolute Gasteiger partial charge is 0.469 e. The van der Waals surface area contributed by atoms with E-state index >= 15 is 0 Å². The molecule has 13 heavy (non-hydrogen) atoms. The minimum absolute atomic E-state index is 0.0619. The molecule has 1 rings (SSSR count). The number of hydrogen-bond acceptors (Lipinski definition) is 4. The topological polar surface area (TPSA) is 46.5 Å². The molecule has 1 atom stereocenters. The maximum Gasteiger partial charge on any atom is 0.308 e. The zero-order valence-corrected chi connectivity index (χ0v) is 8.21. The normalized spacial score (nSPS) is 12.5. The van der Waals surface area contributed by atoms with Crippen LogP contribution in [-0.4, -0.2) is 24.3 Å². The summed E-state index contributed by atoms with van der Waals surface area (Å²) in [6, 6.07) is 1.94. The van der Waals surface area contributed by atoms with E-state index in [0.717, 1.165) is 5.56 Å². The van der Waals surface area contributed by atoms with Crippen molar-refractivity contribution in [3.63, 3.8) is 0 Å². The Labute approximate surface area is 81.0 Å². The van der Waals surface area contributed by atoms with Crippen LogP contribution < -0.4 is 0 Å². The van der Waals surface area contributed by atoms with Gasteiger partial charge in [-0.2, -0.15) is 11.3 Å². The lowest BCUT2D eigenvalue weighted by atomic mass is 10.1. The molecule has 1 aromatic heterocycles. The lowest BCUT2D eigenvalue weighted by Crippen LogP contribution is -2.16. The Morgan fingerprint density at radius 3 is 3.08 bits per heavy atom. The molecule has 1 aromatic rings. The smallest absolute Gasteiger partial charge is 0.308 e. The molecule has 0 bridgehead atoms. The van der Waals surface area contributed by atoms with Crippen LogP contribution in [-0.2, 0) is 16.0 Å². The number of thiophene rings is 1. The maximum absolute atomic E-state index is 10.8. The third kappa shape index (κ3) is 3.57. The number of carbonyl (C=O) groups is 1. The fraction of sp³-hybridized carbons (Fsp3) is 0.444. The predicted molar refractivity (Wildman–Crippen MR) is 50.7 cm³/mol. The van der Waals surface area contributed by atoms with Crippen molar-refractivity contribution in [2.75, 3.05) is 7.11 Å². The molecular formula is C9H12O3S. The first-order chi connectivity index (χ1) is 6.22. The van der Waals surface area contributed by atoms with Gasteiger partial charge in [0.05, 0.1) is 19.6 Å². The zero-order chi connectivity index (χ0) is 9.68. The predicted octanol–water partition coefficient (Wildman–Crippen LogP) is 1.21. The fourth-order valence-electron chi connectivity index (χ4n) is 1.03. The van der Waals surface area contributed by atoms with E-state index in [-0.39, 0.29) is 12.4 Å². The van der Waals surface area contributed by atoms with Gasteiger partial charge in [0.1, 0.15) is 0 Å². The van der Waals surface area contributed by atoms with Crippen molar-refractivity contribution in [2.24, 2.45) is 0 Å². The number of aliphatic hydroxyl groups excluding tert-OH is 1. The molecule has 1 N–H and O–H groups in total. The van der Waals surface area contributed by atoms with Crippen LogP contribution in [0.15, 0.2) is 16.8 Å². The van der Waals surface area contributed by atoms with Gasteiger partial charge in [-0.25, -0.2) is 0 Å². The Kier molecular flexibility index (Phi) is 3.92. The summed E-state index contributed by atoms with van der Waals surface area (Å²) >= 11 is 1.58. The summed E-state index contributed by atoms with van der Waals surface area (Å²) in [6.45, 7) is 0. The molecule has 0 saturated carbocycles. The van der Waals surface area contributed by atoms with Crippen LogP contribution in [0.25, 0.3) is 0 Å². The van der Waals surface area contributed by atoms with E-state index < -0.39 is 6.10 Å². The second-order valence-corrected chi connectivity index (χ2v) is 3.55. The number of esters is 1. The van der Waals surface area contributed by atoms with Crippen LogP contribution in [0.5, 0.6) is 0 Å². The van der Waals surface area contributed by atoms with Gasteiger partial charge in [-0.15, -0.1) is 0 Å². The van der Waals surface area contributed by atoms with E-state index in [2.05, 4.69) is 4.74 Å². The van der Waals surface area contributed by atoms with Crippen molar-refractivity contribution in [3.05, 3.63) is 22.4 Å². The molecule has 0 aliphatic heterocycles. The number of rotatable bonds is 4. The molecule has 0 amide bonds. The van der Waals surface area contributed by atoms with E-state index in [1.807, 2.05) is 16.8 Å². The van der Waals surface area contributed by atoms with Gasteiger partial charge >= 0.3 is 5.97 Å². The first-order valence-electron chi connectivity index (χ1n) is 3.98. The Balaban J connectivity index is 2.33. The van der Waals surface area contributed by atoms with Gasteiger partial charge in [0.15, 0.2) is 0 Å². The lowest BCUT2D eigenvalue weighted by molar-refractivity contribution is -0.142. The van der Waals surface area contributed by atoms with Gasteiger partial charge in [0, 0.05) is 0 Å². The van der Waals surface area contributed by atoms with Gasteiger partial charge in [0.2, 0.25) is 0 Å². The highest BCUT2D eigenvalue weighted by Gasteiger charge is 2.11. The van der Waals surface area contributed by atoms with Crippen LogP contribution in [0.4, 0.5) is 0 Å². The quantitative estimate of drug-likeness (QED) is 0.743. The number of methoxy groups -OCH3 is 1. The second kappa shape index (κ2) is 4.99. The molecule has 0 aromatic carbocycles. The molecule has 0 aliphatic carbocycles. The minimum Gasteiger partial charge on any atom is -0.469 e. The Hall–Kier alpha value is -0.870. The van der Waals surface area contributed by atoms with E-state index in [4.69, 9.17) is 0 Å². The summed E-state index contributed by atoms with van der Waals surface area (Å²) in [4.78, 5) is 10.8. The third-order valence-electron chi connectivity index (χ3n) is 1.68. The molecule has 0 saturated heterocycles. The second-order valence-electron chi connectivity index (χ2n) is 2.77. The molecular weight excluding hydrogens is 188 g/mol.